The Morgan fingerprint density at radius 2 is 1.93 bits per heavy atom. The van der Waals surface area contributed by atoms with Gasteiger partial charge in [0, 0.05) is 5.56 Å². The van der Waals surface area contributed by atoms with Crippen LogP contribution in [0.5, 0.6) is 0 Å². The van der Waals surface area contributed by atoms with Crippen molar-refractivity contribution in [3.05, 3.63) is 34.4 Å². The first-order valence-electron chi connectivity index (χ1n) is 4.69. The molecule has 0 saturated carbocycles. The van der Waals surface area contributed by atoms with Gasteiger partial charge in [0.2, 0.25) is 0 Å². The number of hydrogen-bond acceptors (Lipinski definition) is 1. The Kier molecular flexibility index (Phi) is 3.58. The van der Waals surface area contributed by atoms with E-state index >= 15 is 0 Å². The summed E-state index contributed by atoms with van der Waals surface area (Å²) in [6.45, 7) is 2.92. The lowest BCUT2D eigenvalue weighted by Gasteiger charge is -2.09. The first kappa shape index (κ1) is 11.1. The molecule has 3 heteroatoms. The summed E-state index contributed by atoms with van der Waals surface area (Å²) in [7, 11) is 0. The van der Waals surface area contributed by atoms with Crippen molar-refractivity contribution in [1.29, 1.82) is 0 Å². The van der Waals surface area contributed by atoms with Crippen LogP contribution < -0.4 is 0 Å². The number of halogens is 2. The lowest BCUT2D eigenvalue weighted by molar-refractivity contribution is 0.268. The van der Waals surface area contributed by atoms with Gasteiger partial charge in [-0.25, -0.2) is 8.78 Å². The molecule has 0 aliphatic heterocycles. The van der Waals surface area contributed by atoms with Crippen molar-refractivity contribution in [3.8, 4) is 0 Å². The van der Waals surface area contributed by atoms with E-state index in [4.69, 9.17) is 5.11 Å². The zero-order valence-electron chi connectivity index (χ0n) is 8.40. The Morgan fingerprint density at radius 1 is 1.29 bits per heavy atom. The summed E-state index contributed by atoms with van der Waals surface area (Å²) >= 11 is 0. The van der Waals surface area contributed by atoms with Gasteiger partial charge in [0.1, 0.15) is 11.6 Å². The van der Waals surface area contributed by atoms with E-state index in [-0.39, 0.29) is 5.56 Å². The average molecular weight is 200 g/mol. The first-order chi connectivity index (χ1) is 6.61. The van der Waals surface area contributed by atoms with Crippen molar-refractivity contribution >= 4 is 0 Å². The zero-order valence-corrected chi connectivity index (χ0v) is 8.40. The fraction of sp³-hybridized carbons (Fsp3) is 0.455. The van der Waals surface area contributed by atoms with Gasteiger partial charge in [-0.05, 0) is 24.5 Å². The number of aliphatic hydroxyl groups excluding tert-OH is 1. The van der Waals surface area contributed by atoms with Gasteiger partial charge in [0.15, 0.2) is 0 Å². The van der Waals surface area contributed by atoms with Gasteiger partial charge in [-0.1, -0.05) is 19.4 Å². The second kappa shape index (κ2) is 4.51. The summed E-state index contributed by atoms with van der Waals surface area (Å²) in [4.78, 5) is 0. The molecule has 1 rings (SSSR count). The highest BCUT2D eigenvalue weighted by Crippen LogP contribution is 2.21. The van der Waals surface area contributed by atoms with Crippen molar-refractivity contribution < 1.29 is 13.9 Å². The van der Waals surface area contributed by atoms with Crippen LogP contribution >= 0.6 is 0 Å². The van der Waals surface area contributed by atoms with E-state index < -0.39 is 18.2 Å². The summed E-state index contributed by atoms with van der Waals surface area (Å²) in [6, 6.07) is 1.51. The van der Waals surface area contributed by atoms with Crippen LogP contribution in [0, 0.1) is 18.6 Å². The average Bonchev–Trinajstić information content (AvgIpc) is 2.16. The topological polar surface area (TPSA) is 20.2 Å². The summed E-state index contributed by atoms with van der Waals surface area (Å²) in [5, 5.41) is 8.84. The largest absolute Gasteiger partial charge is 0.391 e. The summed E-state index contributed by atoms with van der Waals surface area (Å²) < 4.78 is 26.8. The Balaban J connectivity index is 3.27. The Morgan fingerprint density at radius 3 is 2.43 bits per heavy atom. The van der Waals surface area contributed by atoms with Crippen LogP contribution in [0.15, 0.2) is 6.07 Å². The van der Waals surface area contributed by atoms with Crippen molar-refractivity contribution in [2.45, 2.75) is 33.3 Å². The second-order valence-corrected chi connectivity index (χ2v) is 3.37. The number of aliphatic hydroxyl groups is 1. The molecule has 0 aliphatic carbocycles. The van der Waals surface area contributed by atoms with Gasteiger partial charge in [-0.2, -0.15) is 0 Å². The normalized spacial score (nSPS) is 10.6. The van der Waals surface area contributed by atoms with Gasteiger partial charge in [0.25, 0.3) is 0 Å². The number of hydrogen-bond donors (Lipinski definition) is 1. The van der Waals surface area contributed by atoms with Gasteiger partial charge < -0.3 is 5.11 Å². The van der Waals surface area contributed by atoms with Crippen LogP contribution in [-0.4, -0.2) is 5.11 Å². The van der Waals surface area contributed by atoms with E-state index in [0.717, 1.165) is 6.42 Å². The third-order valence-electron chi connectivity index (χ3n) is 2.23. The van der Waals surface area contributed by atoms with Crippen LogP contribution in [0.3, 0.4) is 0 Å². The van der Waals surface area contributed by atoms with Crippen LogP contribution in [0.4, 0.5) is 8.78 Å². The lowest BCUT2D eigenvalue weighted by Crippen LogP contribution is -2.03. The Labute approximate surface area is 82.4 Å². The van der Waals surface area contributed by atoms with Crippen LogP contribution in [0.1, 0.15) is 30.0 Å². The highest BCUT2D eigenvalue weighted by atomic mass is 19.1. The van der Waals surface area contributed by atoms with Gasteiger partial charge in [-0.15, -0.1) is 0 Å². The van der Waals surface area contributed by atoms with E-state index in [1.807, 2.05) is 6.92 Å². The second-order valence-electron chi connectivity index (χ2n) is 3.37. The van der Waals surface area contributed by atoms with Gasteiger partial charge in [-0.3, -0.25) is 0 Å². The predicted octanol–water partition coefficient (Wildman–Crippen LogP) is 2.72. The van der Waals surface area contributed by atoms with Gasteiger partial charge >= 0.3 is 0 Å². The minimum atomic E-state index is -0.634. The monoisotopic (exact) mass is 200 g/mol. The molecule has 0 atom stereocenters. The standard InChI is InChI=1S/C11H14F2O/c1-3-4-8-5-7(2)10(12)9(6-14)11(8)13/h5,14H,3-4,6H2,1-2H3. The third kappa shape index (κ3) is 1.93. The van der Waals surface area contributed by atoms with E-state index in [1.54, 1.807) is 6.92 Å². The molecular weight excluding hydrogens is 186 g/mol. The minimum absolute atomic E-state index is 0.214. The molecule has 0 aromatic heterocycles. The molecular formula is C11H14F2O. The minimum Gasteiger partial charge on any atom is -0.391 e. The van der Waals surface area contributed by atoms with Crippen molar-refractivity contribution in [1.82, 2.24) is 0 Å². The molecule has 78 valence electrons. The molecule has 0 heterocycles. The van der Waals surface area contributed by atoms with E-state index in [1.165, 1.54) is 6.07 Å². The SMILES string of the molecule is CCCc1cc(C)c(F)c(CO)c1F. The van der Waals surface area contributed by atoms with Crippen LogP contribution in [0.2, 0.25) is 0 Å². The van der Waals surface area contributed by atoms with E-state index in [9.17, 15) is 8.78 Å². The number of rotatable bonds is 3. The summed E-state index contributed by atoms with van der Waals surface area (Å²) in [6.07, 6.45) is 1.37. The first-order valence-corrected chi connectivity index (χ1v) is 4.69. The molecule has 0 saturated heterocycles. The molecule has 0 spiro atoms. The molecule has 0 radical (unpaired) electrons. The highest BCUT2D eigenvalue weighted by molar-refractivity contribution is 5.32. The van der Waals surface area contributed by atoms with E-state index in [2.05, 4.69) is 0 Å². The molecule has 14 heavy (non-hydrogen) atoms. The van der Waals surface area contributed by atoms with Crippen molar-refractivity contribution in [2.24, 2.45) is 0 Å². The molecule has 0 fully saturated rings. The molecule has 0 bridgehead atoms. The fourth-order valence-corrected chi connectivity index (χ4v) is 1.51. The molecule has 0 unspecified atom stereocenters. The molecule has 1 N–H and O–H groups in total. The summed E-state index contributed by atoms with van der Waals surface area (Å²) in [5.74, 6) is -1.23. The fourth-order valence-electron chi connectivity index (χ4n) is 1.51. The highest BCUT2D eigenvalue weighted by Gasteiger charge is 2.14. The molecule has 0 aliphatic rings. The number of benzene rings is 1. The summed E-state index contributed by atoms with van der Waals surface area (Å²) in [5.41, 5.74) is 0.655. The van der Waals surface area contributed by atoms with Crippen LogP contribution in [0.25, 0.3) is 0 Å². The smallest absolute Gasteiger partial charge is 0.134 e. The Hall–Kier alpha value is -0.960. The van der Waals surface area contributed by atoms with E-state index in [0.29, 0.717) is 17.5 Å². The number of aryl methyl sites for hydroxylation is 2. The zero-order chi connectivity index (χ0) is 10.7. The predicted molar refractivity (Wildman–Crippen MR) is 51.0 cm³/mol. The van der Waals surface area contributed by atoms with Gasteiger partial charge in [0.05, 0.1) is 6.61 Å². The van der Waals surface area contributed by atoms with Crippen molar-refractivity contribution in [2.75, 3.05) is 0 Å². The quantitative estimate of drug-likeness (QED) is 0.795. The Bertz CT molecular complexity index is 335. The van der Waals surface area contributed by atoms with Crippen LogP contribution in [-0.2, 0) is 13.0 Å². The maximum Gasteiger partial charge on any atom is 0.134 e. The third-order valence-corrected chi connectivity index (χ3v) is 2.23. The molecule has 1 aromatic carbocycles. The van der Waals surface area contributed by atoms with Crippen molar-refractivity contribution in [3.63, 3.8) is 0 Å². The molecule has 1 nitrogen and oxygen atoms in total. The molecule has 0 amide bonds. The maximum atomic E-state index is 13.5. The molecule has 1 aromatic rings. The maximum absolute atomic E-state index is 13.5. The lowest BCUT2D eigenvalue weighted by atomic mass is 10.0.